The second-order valence-corrected chi connectivity index (χ2v) is 18.0. The van der Waals surface area contributed by atoms with Gasteiger partial charge in [0.05, 0.1) is 38.6 Å². The van der Waals surface area contributed by atoms with E-state index in [-0.39, 0.29) is 0 Å². The number of esters is 1. The lowest BCUT2D eigenvalue weighted by Crippen LogP contribution is -2.10. The largest absolute Gasteiger partial charge is 0.490 e. The second kappa shape index (κ2) is 27.5. The monoisotopic (exact) mass is 899 g/mol. The van der Waals surface area contributed by atoms with Crippen LogP contribution in [-0.4, -0.2) is 39.0 Å². The Morgan fingerprint density at radius 2 is 0.636 bits per heavy atom. The van der Waals surface area contributed by atoms with Crippen molar-refractivity contribution in [2.45, 2.75) is 163 Å². The molecule has 0 aliphatic heterocycles. The minimum Gasteiger partial charge on any atom is -0.490 e. The van der Waals surface area contributed by atoms with Crippen molar-refractivity contribution in [3.05, 3.63) is 84.4 Å². The fourth-order valence-corrected chi connectivity index (χ4v) is 8.69. The van der Waals surface area contributed by atoms with Crippen molar-refractivity contribution in [1.29, 1.82) is 0 Å². The highest BCUT2D eigenvalue weighted by Gasteiger charge is 2.22. The van der Waals surface area contributed by atoms with E-state index in [1.54, 1.807) is 0 Å². The zero-order valence-corrected chi connectivity index (χ0v) is 41.0. The molecular formula is C59H78O7. The van der Waals surface area contributed by atoms with Crippen molar-refractivity contribution >= 4 is 49.1 Å². The standard InChI is InChI=1S/C59H78O7/c1-6-11-16-23-32-61-53-38-47-48-39-54(62-33-24-17-12-7-2)56(64-35-26-19-14-9-4)41-50(48)52-43-58(66-59(60)46-31-30-44-28-21-22-29-45(44)37-46)57(65-36-27-20-15-10-5)42-51(52)49(47)40-55(53)63-34-25-18-13-8-3/h21-22,28-31,37-43H,6-20,23-27,32-36H2,1-5H3. The highest BCUT2D eigenvalue weighted by atomic mass is 16.6. The van der Waals surface area contributed by atoms with Crippen molar-refractivity contribution in [3.8, 4) is 34.5 Å². The number of carbonyl (C=O) groups excluding carboxylic acids is 1. The average molecular weight is 899 g/mol. The lowest BCUT2D eigenvalue weighted by atomic mass is 9.93. The van der Waals surface area contributed by atoms with Crippen LogP contribution in [0.4, 0.5) is 0 Å². The lowest BCUT2D eigenvalue weighted by molar-refractivity contribution is 0.0728. The van der Waals surface area contributed by atoms with Gasteiger partial charge in [-0.15, -0.1) is 0 Å². The first kappa shape index (κ1) is 50.2. The van der Waals surface area contributed by atoms with Crippen LogP contribution in [-0.2, 0) is 0 Å². The van der Waals surface area contributed by atoms with Crippen LogP contribution in [0.5, 0.6) is 34.5 Å². The van der Waals surface area contributed by atoms with Crippen LogP contribution >= 0.6 is 0 Å². The second-order valence-electron chi connectivity index (χ2n) is 18.0. The van der Waals surface area contributed by atoms with E-state index in [0.29, 0.717) is 50.1 Å². The SMILES string of the molecule is CCCCCCOc1cc2c3cc(OCCCCCC)c(OCCCCCC)cc3c3cc(OC(=O)c4ccc5ccccc5c4)c(OCCCCCC)cc3c2cc1OCCCCCC. The third-order valence-electron chi connectivity index (χ3n) is 12.6. The summed E-state index contributed by atoms with van der Waals surface area (Å²) in [5, 5.41) is 7.95. The number of ether oxygens (including phenoxy) is 6. The Balaban J connectivity index is 1.55. The minimum absolute atomic E-state index is 0.384. The molecule has 0 fully saturated rings. The van der Waals surface area contributed by atoms with Gasteiger partial charge in [-0.25, -0.2) is 4.79 Å². The molecule has 6 rings (SSSR count). The van der Waals surface area contributed by atoms with Gasteiger partial charge in [-0.2, -0.15) is 0 Å². The minimum atomic E-state index is -0.435. The van der Waals surface area contributed by atoms with Gasteiger partial charge in [0.2, 0.25) is 0 Å². The third-order valence-corrected chi connectivity index (χ3v) is 12.6. The molecule has 0 unspecified atom stereocenters. The topological polar surface area (TPSA) is 72.5 Å². The van der Waals surface area contributed by atoms with Crippen LogP contribution in [0, 0.1) is 0 Å². The first-order valence-electron chi connectivity index (χ1n) is 25.9. The van der Waals surface area contributed by atoms with Crippen molar-refractivity contribution in [2.75, 3.05) is 33.0 Å². The molecule has 0 saturated heterocycles. The summed E-state index contributed by atoms with van der Waals surface area (Å²) in [6.07, 6.45) is 22.0. The molecule has 0 bridgehead atoms. The fourth-order valence-electron chi connectivity index (χ4n) is 8.69. The van der Waals surface area contributed by atoms with Crippen molar-refractivity contribution in [2.24, 2.45) is 0 Å². The van der Waals surface area contributed by atoms with E-state index in [2.05, 4.69) is 65.0 Å². The van der Waals surface area contributed by atoms with Crippen molar-refractivity contribution in [1.82, 2.24) is 0 Å². The molecular weight excluding hydrogens is 821 g/mol. The van der Waals surface area contributed by atoms with Gasteiger partial charge in [0.25, 0.3) is 0 Å². The first-order valence-corrected chi connectivity index (χ1v) is 25.9. The Morgan fingerprint density at radius 3 is 0.970 bits per heavy atom. The zero-order valence-electron chi connectivity index (χ0n) is 41.0. The number of rotatable bonds is 32. The van der Waals surface area contributed by atoms with Gasteiger partial charge in [-0.1, -0.05) is 161 Å². The molecule has 6 aromatic rings. The van der Waals surface area contributed by atoms with Gasteiger partial charge < -0.3 is 28.4 Å². The first-order chi connectivity index (χ1) is 32.5. The summed E-state index contributed by atoms with van der Waals surface area (Å²) in [7, 11) is 0. The highest BCUT2D eigenvalue weighted by Crippen LogP contribution is 2.47. The molecule has 0 radical (unpaired) electrons. The number of carbonyl (C=O) groups is 1. The summed E-state index contributed by atoms with van der Waals surface area (Å²) in [6.45, 7) is 14.1. The Labute approximate surface area is 395 Å². The molecule has 66 heavy (non-hydrogen) atoms. The van der Waals surface area contributed by atoms with E-state index < -0.39 is 5.97 Å². The Kier molecular flexibility index (Phi) is 20.9. The Bertz CT molecular complexity index is 2370. The van der Waals surface area contributed by atoms with Crippen LogP contribution in [0.15, 0.2) is 78.9 Å². The maximum atomic E-state index is 14.1. The molecule has 0 aliphatic carbocycles. The summed E-state index contributed by atoms with van der Waals surface area (Å²) in [6, 6.07) is 26.5. The summed E-state index contributed by atoms with van der Waals surface area (Å²) in [4.78, 5) is 14.1. The zero-order chi connectivity index (χ0) is 46.4. The summed E-state index contributed by atoms with van der Waals surface area (Å²) >= 11 is 0. The van der Waals surface area contributed by atoms with Crippen molar-refractivity contribution in [3.63, 3.8) is 0 Å². The third kappa shape index (κ3) is 14.2. The average Bonchev–Trinajstić information content (AvgIpc) is 3.33. The number of fused-ring (bicyclic) bond motifs is 7. The molecule has 0 saturated carbocycles. The van der Waals surface area contributed by atoms with Gasteiger partial charge in [-0.05, 0) is 124 Å². The fraction of sp³-hybridized carbons (Fsp3) is 0.508. The molecule has 0 N–H and O–H groups in total. The van der Waals surface area contributed by atoms with Crippen molar-refractivity contribution < 1.29 is 33.2 Å². The molecule has 0 aromatic heterocycles. The molecule has 0 atom stereocenters. The van der Waals surface area contributed by atoms with E-state index in [1.807, 2.05) is 48.5 Å². The van der Waals surface area contributed by atoms with Gasteiger partial charge in [-0.3, -0.25) is 0 Å². The number of benzene rings is 6. The predicted molar refractivity (Wildman–Crippen MR) is 276 cm³/mol. The molecule has 7 nitrogen and oxygen atoms in total. The Hall–Kier alpha value is -5.17. The molecule has 7 heteroatoms. The Morgan fingerprint density at radius 1 is 0.333 bits per heavy atom. The summed E-state index contributed by atoms with van der Waals surface area (Å²) in [5.41, 5.74) is 0.480. The van der Waals surface area contributed by atoms with E-state index in [0.717, 1.165) is 150 Å². The molecule has 0 amide bonds. The van der Waals surface area contributed by atoms with Crippen LogP contribution in [0.2, 0.25) is 0 Å². The van der Waals surface area contributed by atoms with Crippen LogP contribution in [0.3, 0.4) is 0 Å². The van der Waals surface area contributed by atoms with E-state index in [1.165, 1.54) is 44.9 Å². The van der Waals surface area contributed by atoms with Crippen LogP contribution in [0.25, 0.3) is 43.1 Å². The van der Waals surface area contributed by atoms with Crippen LogP contribution < -0.4 is 28.4 Å². The maximum absolute atomic E-state index is 14.1. The maximum Gasteiger partial charge on any atom is 0.343 e. The molecule has 356 valence electrons. The molecule has 0 heterocycles. The summed E-state index contributed by atoms with van der Waals surface area (Å²) < 4.78 is 39.6. The van der Waals surface area contributed by atoms with E-state index >= 15 is 0 Å². The van der Waals surface area contributed by atoms with Gasteiger partial charge >= 0.3 is 5.97 Å². The highest BCUT2D eigenvalue weighted by molar-refractivity contribution is 6.27. The number of unbranched alkanes of at least 4 members (excludes halogenated alkanes) is 15. The molecule has 0 aliphatic rings. The van der Waals surface area contributed by atoms with Gasteiger partial charge in [0.15, 0.2) is 34.5 Å². The smallest absolute Gasteiger partial charge is 0.343 e. The van der Waals surface area contributed by atoms with E-state index in [4.69, 9.17) is 28.4 Å². The number of hydrogen-bond donors (Lipinski definition) is 0. The normalized spacial score (nSPS) is 11.5. The molecule has 6 aromatic carbocycles. The number of hydrogen-bond acceptors (Lipinski definition) is 7. The molecule has 0 spiro atoms. The quantitative estimate of drug-likeness (QED) is 0.0181. The summed E-state index contributed by atoms with van der Waals surface area (Å²) in [5.74, 6) is 3.44. The van der Waals surface area contributed by atoms with Gasteiger partial charge in [0, 0.05) is 0 Å². The van der Waals surface area contributed by atoms with Crippen LogP contribution in [0.1, 0.15) is 173 Å². The van der Waals surface area contributed by atoms with E-state index in [9.17, 15) is 4.79 Å². The van der Waals surface area contributed by atoms with Gasteiger partial charge in [0.1, 0.15) is 0 Å². The lowest BCUT2D eigenvalue weighted by Gasteiger charge is -2.20. The predicted octanol–water partition coefficient (Wildman–Crippen LogP) is 17.3.